The van der Waals surface area contributed by atoms with Crippen molar-refractivity contribution in [3.8, 4) is 0 Å². The highest BCUT2D eigenvalue weighted by molar-refractivity contribution is 6.46. The van der Waals surface area contributed by atoms with Crippen LogP contribution in [-0.2, 0) is 9.59 Å². The minimum Gasteiger partial charge on any atom is -0.507 e. The summed E-state index contributed by atoms with van der Waals surface area (Å²) >= 11 is 6.18. The first kappa shape index (κ1) is 21.0. The fourth-order valence-corrected chi connectivity index (χ4v) is 3.79. The Morgan fingerprint density at radius 1 is 1.17 bits per heavy atom. The molecule has 1 N–H and O–H groups in total. The summed E-state index contributed by atoms with van der Waals surface area (Å²) < 4.78 is 0. The summed E-state index contributed by atoms with van der Waals surface area (Å²) in [5.41, 5.74) is 1.20. The van der Waals surface area contributed by atoms with Gasteiger partial charge in [-0.3, -0.25) is 14.6 Å². The van der Waals surface area contributed by atoms with Crippen molar-refractivity contribution < 1.29 is 14.7 Å². The average molecular weight is 414 g/mol. The largest absolute Gasteiger partial charge is 0.507 e. The van der Waals surface area contributed by atoms with E-state index < -0.39 is 17.7 Å². The van der Waals surface area contributed by atoms with E-state index in [1.54, 1.807) is 30.3 Å². The Hall–Kier alpha value is -2.70. The van der Waals surface area contributed by atoms with Gasteiger partial charge in [0.1, 0.15) is 5.76 Å². The van der Waals surface area contributed by atoms with Crippen LogP contribution in [0.15, 0.2) is 54.4 Å². The number of likely N-dealkylation sites (N-methyl/N-ethyl adjacent to an activating group) is 1. The predicted octanol–water partition coefficient (Wildman–Crippen LogP) is 3.50. The second-order valence-corrected chi connectivity index (χ2v) is 7.25. The number of ketones is 1. The van der Waals surface area contributed by atoms with Gasteiger partial charge in [-0.15, -0.1) is 0 Å². The van der Waals surface area contributed by atoms with Gasteiger partial charge in [0.2, 0.25) is 0 Å². The second kappa shape index (κ2) is 9.20. The first-order valence-electron chi connectivity index (χ1n) is 9.64. The summed E-state index contributed by atoms with van der Waals surface area (Å²) in [6.45, 7) is 6.80. The van der Waals surface area contributed by atoms with Gasteiger partial charge in [0.15, 0.2) is 0 Å². The zero-order chi connectivity index (χ0) is 21.0. The van der Waals surface area contributed by atoms with Crippen LogP contribution in [0.25, 0.3) is 5.76 Å². The van der Waals surface area contributed by atoms with Crippen molar-refractivity contribution in [3.63, 3.8) is 0 Å². The fourth-order valence-electron chi connectivity index (χ4n) is 3.59. The standard InChI is InChI=1S/C22H24ClN3O3/c1-3-25(4-2)12-13-26-19(16-6-5-7-17(23)14-16)18(21(28)22(26)29)20(27)15-8-10-24-11-9-15/h5-11,14,19,27H,3-4,12-13H2,1-2H3/t19-/m0/s1. The van der Waals surface area contributed by atoms with E-state index in [1.165, 1.54) is 17.3 Å². The van der Waals surface area contributed by atoms with Crippen molar-refractivity contribution in [2.75, 3.05) is 26.2 Å². The van der Waals surface area contributed by atoms with Crippen LogP contribution in [-0.4, -0.2) is 57.8 Å². The van der Waals surface area contributed by atoms with Gasteiger partial charge in [-0.2, -0.15) is 0 Å². The molecule has 3 rings (SSSR count). The minimum absolute atomic E-state index is 0.0722. The molecule has 29 heavy (non-hydrogen) atoms. The number of benzene rings is 1. The number of aromatic nitrogens is 1. The number of pyridine rings is 1. The van der Waals surface area contributed by atoms with Gasteiger partial charge in [-0.05, 0) is 42.9 Å². The van der Waals surface area contributed by atoms with Crippen LogP contribution >= 0.6 is 11.6 Å². The first-order chi connectivity index (χ1) is 14.0. The predicted molar refractivity (Wildman–Crippen MR) is 112 cm³/mol. The van der Waals surface area contributed by atoms with Crippen LogP contribution in [0.3, 0.4) is 0 Å². The van der Waals surface area contributed by atoms with Crippen LogP contribution in [0.4, 0.5) is 0 Å². The molecule has 2 heterocycles. The number of hydrogen-bond donors (Lipinski definition) is 1. The van der Waals surface area contributed by atoms with E-state index in [1.807, 2.05) is 6.07 Å². The summed E-state index contributed by atoms with van der Waals surface area (Å²) in [4.78, 5) is 33.4. The molecule has 0 spiro atoms. The Morgan fingerprint density at radius 2 is 1.86 bits per heavy atom. The summed E-state index contributed by atoms with van der Waals surface area (Å²) in [5, 5.41) is 11.4. The van der Waals surface area contributed by atoms with Crippen LogP contribution in [0.5, 0.6) is 0 Å². The van der Waals surface area contributed by atoms with Gasteiger partial charge in [0.05, 0.1) is 11.6 Å². The lowest BCUT2D eigenvalue weighted by Gasteiger charge is -2.28. The summed E-state index contributed by atoms with van der Waals surface area (Å²) in [6, 6.07) is 9.55. The Kier molecular flexibility index (Phi) is 6.67. The van der Waals surface area contributed by atoms with Crippen LogP contribution in [0.2, 0.25) is 5.02 Å². The quantitative estimate of drug-likeness (QED) is 0.427. The maximum atomic E-state index is 12.9. The van der Waals surface area contributed by atoms with E-state index in [2.05, 4.69) is 23.7 Å². The number of Topliss-reactive ketones (excluding diaryl/α,β-unsaturated/α-hetero) is 1. The number of hydrogen-bond acceptors (Lipinski definition) is 5. The molecule has 1 aliphatic heterocycles. The molecule has 1 aromatic heterocycles. The molecule has 0 saturated carbocycles. The van der Waals surface area contributed by atoms with Crippen molar-refractivity contribution in [1.82, 2.24) is 14.8 Å². The Labute approximate surface area is 175 Å². The van der Waals surface area contributed by atoms with Gasteiger partial charge < -0.3 is 14.9 Å². The number of nitrogens with zero attached hydrogens (tertiary/aromatic N) is 3. The Balaban J connectivity index is 2.09. The van der Waals surface area contributed by atoms with Crippen LogP contribution in [0.1, 0.15) is 31.0 Å². The molecule has 152 valence electrons. The molecule has 1 fully saturated rings. The maximum absolute atomic E-state index is 12.9. The number of amides is 1. The van der Waals surface area contributed by atoms with E-state index >= 15 is 0 Å². The van der Waals surface area contributed by atoms with Crippen molar-refractivity contribution >= 4 is 29.1 Å². The zero-order valence-electron chi connectivity index (χ0n) is 16.5. The van der Waals surface area contributed by atoms with Gasteiger partial charge >= 0.3 is 0 Å². The molecular weight excluding hydrogens is 390 g/mol. The molecule has 1 aromatic carbocycles. The van der Waals surface area contributed by atoms with Gasteiger partial charge in [-0.25, -0.2) is 0 Å². The Bertz CT molecular complexity index is 926. The average Bonchev–Trinajstić information content (AvgIpc) is 2.99. The van der Waals surface area contributed by atoms with Gasteiger partial charge in [-0.1, -0.05) is 37.6 Å². The van der Waals surface area contributed by atoms with Crippen molar-refractivity contribution in [2.24, 2.45) is 0 Å². The van der Waals surface area contributed by atoms with Crippen molar-refractivity contribution in [2.45, 2.75) is 19.9 Å². The third-order valence-electron chi connectivity index (χ3n) is 5.21. The number of rotatable bonds is 7. The topological polar surface area (TPSA) is 73.7 Å². The van der Waals surface area contributed by atoms with Crippen molar-refractivity contribution in [3.05, 3.63) is 70.5 Å². The number of likely N-dealkylation sites (tertiary alicyclic amines) is 1. The summed E-state index contributed by atoms with van der Waals surface area (Å²) in [5.74, 6) is -1.51. The summed E-state index contributed by atoms with van der Waals surface area (Å²) in [6.07, 6.45) is 3.06. The van der Waals surface area contributed by atoms with Gasteiger partial charge in [0.25, 0.3) is 11.7 Å². The molecule has 1 atom stereocenters. The molecule has 0 unspecified atom stereocenters. The highest BCUT2D eigenvalue weighted by atomic mass is 35.5. The highest BCUT2D eigenvalue weighted by Crippen LogP contribution is 2.39. The number of halogens is 1. The highest BCUT2D eigenvalue weighted by Gasteiger charge is 2.46. The molecule has 1 saturated heterocycles. The third kappa shape index (κ3) is 4.33. The lowest BCUT2D eigenvalue weighted by atomic mass is 9.95. The molecule has 7 heteroatoms. The lowest BCUT2D eigenvalue weighted by molar-refractivity contribution is -0.140. The minimum atomic E-state index is -0.697. The van der Waals surface area contributed by atoms with E-state index in [0.29, 0.717) is 29.2 Å². The van der Waals surface area contributed by atoms with Crippen LogP contribution in [0, 0.1) is 0 Å². The van der Waals surface area contributed by atoms with Crippen LogP contribution < -0.4 is 0 Å². The lowest BCUT2D eigenvalue weighted by Crippen LogP contribution is -2.38. The first-order valence-corrected chi connectivity index (χ1v) is 10.0. The smallest absolute Gasteiger partial charge is 0.295 e. The number of aliphatic hydroxyl groups excluding tert-OH is 1. The molecule has 6 nitrogen and oxygen atoms in total. The van der Waals surface area contributed by atoms with E-state index in [9.17, 15) is 14.7 Å². The SMILES string of the molecule is CCN(CC)CCN1C(=O)C(=O)C(=C(O)c2ccncc2)[C@@H]1c1cccc(Cl)c1. The molecule has 0 radical (unpaired) electrons. The Morgan fingerprint density at radius 3 is 2.48 bits per heavy atom. The molecule has 1 amide bonds. The van der Waals surface area contributed by atoms with E-state index in [0.717, 1.165) is 13.1 Å². The number of carbonyl (C=O) groups excluding carboxylic acids is 2. The second-order valence-electron chi connectivity index (χ2n) is 6.81. The summed E-state index contributed by atoms with van der Waals surface area (Å²) in [7, 11) is 0. The maximum Gasteiger partial charge on any atom is 0.295 e. The normalized spacial score (nSPS) is 18.6. The van der Waals surface area contributed by atoms with Gasteiger partial charge in [0, 0.05) is 36.1 Å². The molecule has 1 aliphatic rings. The molecule has 0 bridgehead atoms. The molecule has 2 aromatic rings. The van der Waals surface area contributed by atoms with E-state index in [-0.39, 0.29) is 11.3 Å². The number of carbonyl (C=O) groups is 2. The van der Waals surface area contributed by atoms with Crippen molar-refractivity contribution in [1.29, 1.82) is 0 Å². The fraction of sp³-hybridized carbons (Fsp3) is 0.318. The number of aliphatic hydroxyl groups is 1. The monoisotopic (exact) mass is 413 g/mol. The third-order valence-corrected chi connectivity index (χ3v) is 5.44. The molecule has 0 aliphatic carbocycles. The van der Waals surface area contributed by atoms with E-state index in [4.69, 9.17) is 11.6 Å². The molecular formula is C22H24ClN3O3. The zero-order valence-corrected chi connectivity index (χ0v) is 17.3.